The van der Waals surface area contributed by atoms with Gasteiger partial charge >= 0.3 is 0 Å². The maximum absolute atomic E-state index is 12.0. The molecule has 0 fully saturated rings. The van der Waals surface area contributed by atoms with Crippen LogP contribution in [0.1, 0.15) is 38.0 Å². The SMILES string of the molecule is CC(C)(C)c1noc(CS(=O)CCc2ccccc2)n1. The van der Waals surface area contributed by atoms with Gasteiger partial charge in [-0.25, -0.2) is 0 Å². The standard InChI is InChI=1S/C15H20N2O2S/c1-15(2,3)14-16-13(19-17-14)11-20(18)10-9-12-7-5-4-6-8-12/h4-8H,9-11H2,1-3H3. The largest absolute Gasteiger partial charge is 0.338 e. The molecular formula is C15H20N2O2S. The van der Waals surface area contributed by atoms with Crippen molar-refractivity contribution in [3.05, 3.63) is 47.6 Å². The number of nitrogens with zero attached hydrogens (tertiary/aromatic N) is 2. The van der Waals surface area contributed by atoms with Gasteiger partial charge in [-0.1, -0.05) is 56.3 Å². The van der Waals surface area contributed by atoms with Crippen molar-refractivity contribution in [1.29, 1.82) is 0 Å². The van der Waals surface area contributed by atoms with Crippen LogP contribution in [0.4, 0.5) is 0 Å². The highest BCUT2D eigenvalue weighted by atomic mass is 32.2. The smallest absolute Gasteiger partial charge is 0.239 e. The third-order valence-electron chi connectivity index (χ3n) is 2.88. The zero-order valence-electron chi connectivity index (χ0n) is 12.1. The lowest BCUT2D eigenvalue weighted by atomic mass is 9.96. The summed E-state index contributed by atoms with van der Waals surface area (Å²) < 4.78 is 17.2. The summed E-state index contributed by atoms with van der Waals surface area (Å²) in [4.78, 5) is 4.31. The number of hydrogen-bond donors (Lipinski definition) is 0. The van der Waals surface area contributed by atoms with Crippen molar-refractivity contribution in [2.45, 2.75) is 38.4 Å². The first-order valence-corrected chi connectivity index (χ1v) is 8.16. The van der Waals surface area contributed by atoms with Crippen molar-refractivity contribution in [1.82, 2.24) is 10.1 Å². The number of aromatic nitrogens is 2. The Kier molecular flexibility index (Phi) is 4.70. The quantitative estimate of drug-likeness (QED) is 0.850. The molecule has 1 atom stereocenters. The van der Waals surface area contributed by atoms with Crippen LogP contribution in [0.5, 0.6) is 0 Å². The van der Waals surface area contributed by atoms with E-state index in [0.717, 1.165) is 6.42 Å². The summed E-state index contributed by atoms with van der Waals surface area (Å²) in [6.45, 7) is 6.07. The van der Waals surface area contributed by atoms with Crippen LogP contribution in [0.15, 0.2) is 34.9 Å². The van der Waals surface area contributed by atoms with Crippen molar-refractivity contribution >= 4 is 10.8 Å². The summed E-state index contributed by atoms with van der Waals surface area (Å²) in [7, 11) is -0.981. The van der Waals surface area contributed by atoms with Gasteiger partial charge in [-0.2, -0.15) is 4.98 Å². The maximum Gasteiger partial charge on any atom is 0.239 e. The van der Waals surface area contributed by atoms with Crippen molar-refractivity contribution < 1.29 is 8.73 Å². The Balaban J connectivity index is 1.87. The van der Waals surface area contributed by atoms with Crippen LogP contribution in [0.25, 0.3) is 0 Å². The van der Waals surface area contributed by atoms with Crippen LogP contribution in [-0.2, 0) is 28.4 Å². The van der Waals surface area contributed by atoms with Crippen LogP contribution in [0.3, 0.4) is 0 Å². The number of rotatable bonds is 5. The molecule has 0 N–H and O–H groups in total. The second-order valence-electron chi connectivity index (χ2n) is 5.79. The second-order valence-corrected chi connectivity index (χ2v) is 7.36. The van der Waals surface area contributed by atoms with Crippen LogP contribution in [0, 0.1) is 0 Å². The fraction of sp³-hybridized carbons (Fsp3) is 0.467. The first-order valence-electron chi connectivity index (χ1n) is 6.67. The van der Waals surface area contributed by atoms with E-state index in [2.05, 4.69) is 10.1 Å². The van der Waals surface area contributed by atoms with Crippen LogP contribution in [-0.4, -0.2) is 20.1 Å². The molecule has 0 radical (unpaired) electrons. The summed E-state index contributed by atoms with van der Waals surface area (Å²) in [6.07, 6.45) is 0.799. The zero-order chi connectivity index (χ0) is 14.6. The monoisotopic (exact) mass is 292 g/mol. The third kappa shape index (κ3) is 4.27. The van der Waals surface area contributed by atoms with E-state index < -0.39 is 10.8 Å². The Morgan fingerprint density at radius 1 is 1.20 bits per heavy atom. The van der Waals surface area contributed by atoms with E-state index in [0.29, 0.717) is 23.2 Å². The Bertz CT molecular complexity index is 573. The molecule has 2 aromatic rings. The maximum atomic E-state index is 12.0. The van der Waals surface area contributed by atoms with Crippen molar-refractivity contribution in [2.75, 3.05) is 5.75 Å². The molecule has 108 valence electrons. The van der Waals surface area contributed by atoms with Gasteiger partial charge in [0.05, 0.1) is 0 Å². The van der Waals surface area contributed by atoms with E-state index in [1.54, 1.807) is 0 Å². The minimum atomic E-state index is -0.981. The van der Waals surface area contributed by atoms with Crippen molar-refractivity contribution in [3.8, 4) is 0 Å². The van der Waals surface area contributed by atoms with Gasteiger partial charge < -0.3 is 4.52 Å². The van der Waals surface area contributed by atoms with E-state index in [-0.39, 0.29) is 5.41 Å². The third-order valence-corrected chi connectivity index (χ3v) is 4.11. The highest BCUT2D eigenvalue weighted by Gasteiger charge is 2.21. The zero-order valence-corrected chi connectivity index (χ0v) is 12.9. The molecule has 1 heterocycles. The Labute approximate surface area is 122 Å². The minimum Gasteiger partial charge on any atom is -0.338 e. The van der Waals surface area contributed by atoms with Gasteiger partial charge in [-0.15, -0.1) is 0 Å². The van der Waals surface area contributed by atoms with Gasteiger partial charge in [0, 0.05) is 22.0 Å². The molecule has 0 saturated carbocycles. The van der Waals surface area contributed by atoms with Crippen molar-refractivity contribution in [3.63, 3.8) is 0 Å². The van der Waals surface area contributed by atoms with E-state index in [1.165, 1.54) is 5.56 Å². The number of benzene rings is 1. The molecule has 2 rings (SSSR count). The average molecular weight is 292 g/mol. The van der Waals surface area contributed by atoms with Crippen LogP contribution < -0.4 is 0 Å². The lowest BCUT2D eigenvalue weighted by molar-refractivity contribution is 0.372. The fourth-order valence-electron chi connectivity index (χ4n) is 1.70. The second kappa shape index (κ2) is 6.31. The summed E-state index contributed by atoms with van der Waals surface area (Å²) in [5, 5.41) is 3.94. The first-order chi connectivity index (χ1) is 9.45. The van der Waals surface area contributed by atoms with Gasteiger partial charge in [-0.05, 0) is 12.0 Å². The van der Waals surface area contributed by atoms with E-state index in [4.69, 9.17) is 4.52 Å². The molecule has 20 heavy (non-hydrogen) atoms. The fourth-order valence-corrected chi connectivity index (χ4v) is 2.70. The number of hydrogen-bond acceptors (Lipinski definition) is 4. The molecule has 0 amide bonds. The molecule has 0 aliphatic carbocycles. The molecule has 5 heteroatoms. The van der Waals surface area contributed by atoms with Gasteiger partial charge in [0.2, 0.25) is 5.89 Å². The molecule has 1 aromatic heterocycles. The predicted octanol–water partition coefficient (Wildman–Crippen LogP) is 2.86. The lowest BCUT2D eigenvalue weighted by Crippen LogP contribution is -2.13. The molecule has 0 aliphatic rings. The number of aryl methyl sites for hydroxylation is 1. The van der Waals surface area contributed by atoms with Crippen LogP contribution in [0.2, 0.25) is 0 Å². The summed E-state index contributed by atoms with van der Waals surface area (Å²) in [5.41, 5.74) is 1.05. The molecule has 0 saturated heterocycles. The first kappa shape index (κ1) is 14.9. The van der Waals surface area contributed by atoms with Gasteiger partial charge in [0.15, 0.2) is 5.82 Å². The summed E-state index contributed by atoms with van der Waals surface area (Å²) in [5.74, 6) is 2.06. The Hall–Kier alpha value is -1.49. The van der Waals surface area contributed by atoms with Gasteiger partial charge in [-0.3, -0.25) is 4.21 Å². The molecular weight excluding hydrogens is 272 g/mol. The normalized spacial score (nSPS) is 13.3. The molecule has 0 aliphatic heterocycles. The highest BCUT2D eigenvalue weighted by Crippen LogP contribution is 2.18. The Morgan fingerprint density at radius 2 is 1.90 bits per heavy atom. The molecule has 4 nitrogen and oxygen atoms in total. The molecule has 1 unspecified atom stereocenters. The Morgan fingerprint density at radius 3 is 2.50 bits per heavy atom. The van der Waals surface area contributed by atoms with E-state index in [1.807, 2.05) is 51.1 Å². The summed E-state index contributed by atoms with van der Waals surface area (Å²) >= 11 is 0. The van der Waals surface area contributed by atoms with Gasteiger partial charge in [0.25, 0.3) is 0 Å². The topological polar surface area (TPSA) is 56.0 Å². The molecule has 0 spiro atoms. The van der Waals surface area contributed by atoms with Gasteiger partial charge in [0.1, 0.15) is 5.75 Å². The molecule has 0 bridgehead atoms. The van der Waals surface area contributed by atoms with Crippen molar-refractivity contribution in [2.24, 2.45) is 0 Å². The van der Waals surface area contributed by atoms with Crippen LogP contribution >= 0.6 is 0 Å². The predicted molar refractivity (Wildman–Crippen MR) is 79.9 cm³/mol. The average Bonchev–Trinajstić information content (AvgIpc) is 2.86. The molecule has 1 aromatic carbocycles. The highest BCUT2D eigenvalue weighted by molar-refractivity contribution is 7.84. The lowest BCUT2D eigenvalue weighted by Gasteiger charge is -2.10. The summed E-state index contributed by atoms with van der Waals surface area (Å²) in [6, 6.07) is 10.0. The van der Waals surface area contributed by atoms with E-state index >= 15 is 0 Å². The minimum absolute atomic E-state index is 0.146. The van der Waals surface area contributed by atoms with E-state index in [9.17, 15) is 4.21 Å².